The smallest absolute Gasteiger partial charge is 0.389 e. The summed E-state index contributed by atoms with van der Waals surface area (Å²) in [7, 11) is 0. The molecular weight excluding hydrogens is 289 g/mol. The minimum absolute atomic E-state index is 0.00616. The molecule has 110 valence electrons. The quantitative estimate of drug-likeness (QED) is 0.852. The van der Waals surface area contributed by atoms with E-state index in [1.54, 1.807) is 6.07 Å². The fourth-order valence-electron chi connectivity index (χ4n) is 2.23. The number of halogens is 3. The minimum atomic E-state index is -4.48. The van der Waals surface area contributed by atoms with Crippen LogP contribution in [-0.4, -0.2) is 30.8 Å². The van der Waals surface area contributed by atoms with Crippen molar-refractivity contribution in [1.82, 2.24) is 0 Å². The van der Waals surface area contributed by atoms with E-state index in [1.165, 1.54) is 6.07 Å². The lowest BCUT2D eigenvalue weighted by Gasteiger charge is -2.33. The van der Waals surface area contributed by atoms with Crippen LogP contribution >= 0.6 is 12.2 Å². The van der Waals surface area contributed by atoms with E-state index in [9.17, 15) is 13.2 Å². The molecule has 1 heterocycles. The highest BCUT2D eigenvalue weighted by molar-refractivity contribution is 7.80. The van der Waals surface area contributed by atoms with Gasteiger partial charge in [0.05, 0.1) is 18.3 Å². The molecule has 0 aromatic heterocycles. The molecule has 7 heteroatoms. The summed E-state index contributed by atoms with van der Waals surface area (Å²) in [5.74, 6) is 0. The van der Waals surface area contributed by atoms with E-state index in [-0.39, 0.29) is 16.7 Å². The Hall–Kier alpha value is -1.34. The molecule has 0 aliphatic carbocycles. The van der Waals surface area contributed by atoms with Crippen molar-refractivity contribution in [1.29, 1.82) is 0 Å². The molecule has 1 atom stereocenters. The third-order valence-corrected chi connectivity index (χ3v) is 3.40. The van der Waals surface area contributed by atoms with Crippen molar-refractivity contribution < 1.29 is 17.9 Å². The fraction of sp³-hybridized carbons (Fsp3) is 0.462. The number of benzene rings is 1. The predicted molar refractivity (Wildman–Crippen MR) is 75.0 cm³/mol. The maximum Gasteiger partial charge on any atom is 0.417 e. The molecule has 1 aliphatic heterocycles. The number of nitrogens with zero attached hydrogens (tertiary/aromatic N) is 1. The van der Waals surface area contributed by atoms with Gasteiger partial charge in [-0.25, -0.2) is 0 Å². The van der Waals surface area contributed by atoms with Crippen LogP contribution in [0, 0.1) is 0 Å². The lowest BCUT2D eigenvalue weighted by molar-refractivity contribution is -0.137. The first kappa shape index (κ1) is 15.1. The average molecular weight is 304 g/mol. The zero-order valence-electron chi connectivity index (χ0n) is 10.9. The van der Waals surface area contributed by atoms with E-state index >= 15 is 0 Å². The van der Waals surface area contributed by atoms with Gasteiger partial charge in [-0.1, -0.05) is 12.2 Å². The molecule has 3 nitrogen and oxygen atoms in total. The molecule has 0 bridgehead atoms. The summed E-state index contributed by atoms with van der Waals surface area (Å²) < 4.78 is 44.6. The van der Waals surface area contributed by atoms with Gasteiger partial charge in [-0.15, -0.1) is 0 Å². The number of thiocarbonyl (C=S) groups is 1. The standard InChI is InChI=1S/C13H15F3N2OS/c1-8-7-18(4-5-19-8)9-2-3-10(12(17)20)11(6-9)13(14,15)16/h2-3,6,8H,4-5,7H2,1H3,(H2,17,20). The number of rotatable bonds is 2. The average Bonchev–Trinajstić information content (AvgIpc) is 2.37. The van der Waals surface area contributed by atoms with Crippen LogP contribution in [0.15, 0.2) is 18.2 Å². The number of alkyl halides is 3. The van der Waals surface area contributed by atoms with Crippen molar-refractivity contribution >= 4 is 22.9 Å². The number of ether oxygens (including phenoxy) is 1. The Kier molecular flexibility index (Phi) is 4.19. The zero-order valence-corrected chi connectivity index (χ0v) is 11.7. The van der Waals surface area contributed by atoms with Crippen LogP contribution in [0.5, 0.6) is 0 Å². The van der Waals surface area contributed by atoms with Gasteiger partial charge in [-0.05, 0) is 25.1 Å². The highest BCUT2D eigenvalue weighted by Gasteiger charge is 2.35. The maximum absolute atomic E-state index is 13.1. The van der Waals surface area contributed by atoms with Crippen LogP contribution in [0.1, 0.15) is 18.1 Å². The molecule has 0 radical (unpaired) electrons. The molecular formula is C13H15F3N2OS. The van der Waals surface area contributed by atoms with Gasteiger partial charge in [0.25, 0.3) is 0 Å². The third-order valence-electron chi connectivity index (χ3n) is 3.18. The second-order valence-electron chi connectivity index (χ2n) is 4.72. The summed E-state index contributed by atoms with van der Waals surface area (Å²) in [6, 6.07) is 4.05. The molecule has 1 unspecified atom stereocenters. The Morgan fingerprint density at radius 1 is 1.45 bits per heavy atom. The van der Waals surface area contributed by atoms with Crippen LogP contribution in [0.2, 0.25) is 0 Å². The van der Waals surface area contributed by atoms with Crippen molar-refractivity contribution in [3.8, 4) is 0 Å². The normalized spacial score (nSPS) is 20.0. The van der Waals surface area contributed by atoms with Crippen LogP contribution in [-0.2, 0) is 10.9 Å². The van der Waals surface area contributed by atoms with Gasteiger partial charge in [-0.2, -0.15) is 13.2 Å². The Balaban J connectivity index is 2.39. The van der Waals surface area contributed by atoms with E-state index in [4.69, 9.17) is 10.5 Å². The van der Waals surface area contributed by atoms with Gasteiger partial charge in [0.15, 0.2) is 0 Å². The maximum atomic E-state index is 13.1. The van der Waals surface area contributed by atoms with Gasteiger partial charge in [0.2, 0.25) is 0 Å². The van der Waals surface area contributed by atoms with E-state index in [1.807, 2.05) is 11.8 Å². The third kappa shape index (κ3) is 3.21. The second kappa shape index (κ2) is 5.57. The summed E-state index contributed by atoms with van der Waals surface area (Å²) in [5.41, 5.74) is 4.94. The zero-order chi connectivity index (χ0) is 14.9. The number of anilines is 1. The van der Waals surface area contributed by atoms with E-state index in [0.29, 0.717) is 25.4 Å². The van der Waals surface area contributed by atoms with Crippen molar-refractivity contribution in [2.24, 2.45) is 5.73 Å². The molecule has 2 N–H and O–H groups in total. The first-order valence-corrected chi connectivity index (χ1v) is 6.57. The van der Waals surface area contributed by atoms with Crippen LogP contribution in [0.4, 0.5) is 18.9 Å². The van der Waals surface area contributed by atoms with Crippen LogP contribution in [0.25, 0.3) is 0 Å². The van der Waals surface area contributed by atoms with Crippen molar-refractivity contribution in [3.05, 3.63) is 29.3 Å². The fourth-order valence-corrected chi connectivity index (χ4v) is 2.41. The number of morpholine rings is 1. The summed E-state index contributed by atoms with van der Waals surface area (Å²) in [6.45, 7) is 3.51. The monoisotopic (exact) mass is 304 g/mol. The summed E-state index contributed by atoms with van der Waals surface area (Å²) in [6.07, 6.45) is -4.49. The predicted octanol–water partition coefficient (Wildman–Crippen LogP) is 2.56. The molecule has 1 aromatic carbocycles. The highest BCUT2D eigenvalue weighted by atomic mass is 32.1. The molecule has 1 saturated heterocycles. The van der Waals surface area contributed by atoms with Gasteiger partial charge in [0, 0.05) is 24.3 Å². The van der Waals surface area contributed by atoms with Gasteiger partial charge < -0.3 is 15.4 Å². The molecule has 1 aromatic rings. The van der Waals surface area contributed by atoms with E-state index in [0.717, 1.165) is 6.07 Å². The summed E-state index contributed by atoms with van der Waals surface area (Å²) in [5, 5.41) is 0. The summed E-state index contributed by atoms with van der Waals surface area (Å²) in [4.78, 5) is 1.62. The largest absolute Gasteiger partial charge is 0.417 e. The first-order chi connectivity index (χ1) is 9.29. The van der Waals surface area contributed by atoms with Gasteiger partial charge >= 0.3 is 6.18 Å². The van der Waals surface area contributed by atoms with Crippen molar-refractivity contribution in [2.45, 2.75) is 19.2 Å². The van der Waals surface area contributed by atoms with Gasteiger partial charge in [0.1, 0.15) is 4.99 Å². The Morgan fingerprint density at radius 3 is 2.70 bits per heavy atom. The Labute approximate surface area is 120 Å². The first-order valence-electron chi connectivity index (χ1n) is 6.16. The van der Waals surface area contributed by atoms with E-state index < -0.39 is 11.7 Å². The second-order valence-corrected chi connectivity index (χ2v) is 5.16. The lowest BCUT2D eigenvalue weighted by atomic mass is 10.0. The Bertz CT molecular complexity index is 519. The number of nitrogens with two attached hydrogens (primary N) is 1. The Morgan fingerprint density at radius 2 is 2.15 bits per heavy atom. The summed E-state index contributed by atoms with van der Waals surface area (Å²) >= 11 is 4.68. The highest BCUT2D eigenvalue weighted by Crippen LogP contribution is 2.35. The SMILES string of the molecule is CC1CN(c2ccc(C(N)=S)c(C(F)(F)F)c2)CCO1. The van der Waals surface area contributed by atoms with Crippen molar-refractivity contribution in [2.75, 3.05) is 24.6 Å². The van der Waals surface area contributed by atoms with Crippen LogP contribution < -0.4 is 10.6 Å². The van der Waals surface area contributed by atoms with E-state index in [2.05, 4.69) is 12.2 Å². The number of hydrogen-bond donors (Lipinski definition) is 1. The molecule has 0 spiro atoms. The van der Waals surface area contributed by atoms with Crippen molar-refractivity contribution in [3.63, 3.8) is 0 Å². The van der Waals surface area contributed by atoms with Crippen LogP contribution in [0.3, 0.4) is 0 Å². The molecule has 0 amide bonds. The molecule has 0 saturated carbocycles. The lowest BCUT2D eigenvalue weighted by Crippen LogP contribution is -2.41. The minimum Gasteiger partial charge on any atom is -0.389 e. The topological polar surface area (TPSA) is 38.5 Å². The molecule has 2 rings (SSSR count). The number of hydrogen-bond acceptors (Lipinski definition) is 3. The van der Waals surface area contributed by atoms with Gasteiger partial charge in [-0.3, -0.25) is 0 Å². The molecule has 20 heavy (non-hydrogen) atoms. The molecule has 1 aliphatic rings. The molecule has 1 fully saturated rings.